The SMILES string of the molecule is CC(C)c1cc(C(=O)N2CCC(c3nn(C)c4ncccc34)CC2)no1. The van der Waals surface area contributed by atoms with E-state index in [9.17, 15) is 4.79 Å². The van der Waals surface area contributed by atoms with Gasteiger partial charge in [0.25, 0.3) is 5.91 Å². The van der Waals surface area contributed by atoms with Crippen LogP contribution in [0.3, 0.4) is 0 Å². The maximum atomic E-state index is 12.7. The molecule has 3 aromatic heterocycles. The van der Waals surface area contributed by atoms with Gasteiger partial charge in [0, 0.05) is 49.6 Å². The minimum absolute atomic E-state index is 0.0494. The van der Waals surface area contributed by atoms with Crippen molar-refractivity contribution in [1.29, 1.82) is 0 Å². The maximum absolute atomic E-state index is 12.7. The van der Waals surface area contributed by atoms with Crippen LogP contribution in [-0.2, 0) is 7.05 Å². The summed E-state index contributed by atoms with van der Waals surface area (Å²) >= 11 is 0. The molecule has 4 heterocycles. The number of pyridine rings is 1. The highest BCUT2D eigenvalue weighted by Crippen LogP contribution is 2.32. The molecular formula is C19H23N5O2. The van der Waals surface area contributed by atoms with Gasteiger partial charge in [-0.1, -0.05) is 19.0 Å². The van der Waals surface area contributed by atoms with E-state index in [2.05, 4.69) is 21.3 Å². The summed E-state index contributed by atoms with van der Waals surface area (Å²) in [6.45, 7) is 5.44. The van der Waals surface area contributed by atoms with E-state index >= 15 is 0 Å². The molecule has 7 nitrogen and oxygen atoms in total. The van der Waals surface area contributed by atoms with E-state index in [1.54, 1.807) is 12.3 Å². The Balaban J connectivity index is 1.47. The lowest BCUT2D eigenvalue weighted by atomic mass is 9.92. The molecule has 1 aliphatic heterocycles. The third-order valence-electron chi connectivity index (χ3n) is 5.11. The van der Waals surface area contributed by atoms with Crippen LogP contribution in [0.1, 0.15) is 60.5 Å². The lowest BCUT2D eigenvalue weighted by molar-refractivity contribution is 0.0701. The summed E-state index contributed by atoms with van der Waals surface area (Å²) in [5.41, 5.74) is 2.40. The van der Waals surface area contributed by atoms with Crippen LogP contribution in [0, 0.1) is 0 Å². The van der Waals surface area contributed by atoms with Crippen molar-refractivity contribution in [3.05, 3.63) is 41.5 Å². The molecule has 0 radical (unpaired) electrons. The number of carbonyl (C=O) groups excluding carboxylic acids is 1. The molecule has 136 valence electrons. The van der Waals surface area contributed by atoms with Gasteiger partial charge in [-0.25, -0.2) is 4.98 Å². The highest BCUT2D eigenvalue weighted by molar-refractivity contribution is 5.92. The van der Waals surface area contributed by atoms with Crippen LogP contribution in [0.4, 0.5) is 0 Å². The summed E-state index contributed by atoms with van der Waals surface area (Å²) in [4.78, 5) is 18.9. The molecule has 0 saturated carbocycles. The molecule has 0 unspecified atom stereocenters. The molecule has 1 amide bonds. The van der Waals surface area contributed by atoms with E-state index in [0.29, 0.717) is 24.7 Å². The highest BCUT2D eigenvalue weighted by atomic mass is 16.5. The molecule has 0 aliphatic carbocycles. The van der Waals surface area contributed by atoms with Gasteiger partial charge in [-0.3, -0.25) is 9.48 Å². The second-order valence-corrected chi connectivity index (χ2v) is 7.22. The largest absolute Gasteiger partial charge is 0.360 e. The number of hydrogen-bond donors (Lipinski definition) is 0. The third-order valence-corrected chi connectivity index (χ3v) is 5.11. The summed E-state index contributed by atoms with van der Waals surface area (Å²) in [6.07, 6.45) is 3.57. The Kier molecular flexibility index (Phi) is 4.22. The summed E-state index contributed by atoms with van der Waals surface area (Å²) in [7, 11) is 1.92. The highest BCUT2D eigenvalue weighted by Gasteiger charge is 2.29. The van der Waals surface area contributed by atoms with E-state index in [1.807, 2.05) is 36.5 Å². The monoisotopic (exact) mass is 353 g/mol. The van der Waals surface area contributed by atoms with Crippen LogP contribution in [0.15, 0.2) is 28.9 Å². The van der Waals surface area contributed by atoms with E-state index in [-0.39, 0.29) is 11.8 Å². The Hall–Kier alpha value is -2.70. The number of piperidine rings is 1. The van der Waals surface area contributed by atoms with Crippen LogP contribution in [0.2, 0.25) is 0 Å². The van der Waals surface area contributed by atoms with Gasteiger partial charge in [-0.05, 0) is 25.0 Å². The predicted molar refractivity (Wildman–Crippen MR) is 97.0 cm³/mol. The van der Waals surface area contributed by atoms with Gasteiger partial charge in [-0.15, -0.1) is 0 Å². The van der Waals surface area contributed by atoms with Crippen LogP contribution in [-0.4, -0.2) is 43.8 Å². The first-order valence-corrected chi connectivity index (χ1v) is 9.08. The summed E-state index contributed by atoms with van der Waals surface area (Å²) in [6, 6.07) is 5.78. The number of hydrogen-bond acceptors (Lipinski definition) is 5. The fraction of sp³-hybridized carbons (Fsp3) is 0.474. The Labute approximate surface area is 152 Å². The average molecular weight is 353 g/mol. The van der Waals surface area contributed by atoms with Gasteiger partial charge < -0.3 is 9.42 Å². The molecule has 3 aromatic rings. The van der Waals surface area contributed by atoms with Crippen LogP contribution in [0.5, 0.6) is 0 Å². The average Bonchev–Trinajstić information content (AvgIpc) is 3.27. The standard InChI is InChI=1S/C19H23N5O2/c1-12(2)16-11-15(22-26-16)19(25)24-9-6-13(7-10-24)17-14-5-4-8-20-18(14)23(3)21-17/h4-5,8,11-13H,6-7,9-10H2,1-3H3. The minimum atomic E-state index is -0.0494. The Bertz CT molecular complexity index is 934. The lowest BCUT2D eigenvalue weighted by Gasteiger charge is -2.30. The van der Waals surface area contributed by atoms with Gasteiger partial charge in [0.2, 0.25) is 0 Å². The number of rotatable bonds is 3. The molecule has 0 bridgehead atoms. The smallest absolute Gasteiger partial charge is 0.276 e. The molecule has 0 N–H and O–H groups in total. The third kappa shape index (κ3) is 2.87. The summed E-state index contributed by atoms with van der Waals surface area (Å²) < 4.78 is 7.10. The Morgan fingerprint density at radius 2 is 2.08 bits per heavy atom. The first kappa shape index (κ1) is 16.8. The summed E-state index contributed by atoms with van der Waals surface area (Å²) in [5, 5.41) is 9.74. The van der Waals surface area contributed by atoms with Crippen molar-refractivity contribution in [2.75, 3.05) is 13.1 Å². The van der Waals surface area contributed by atoms with Gasteiger partial charge in [0.05, 0.1) is 5.69 Å². The van der Waals surface area contributed by atoms with Crippen molar-refractivity contribution >= 4 is 16.9 Å². The van der Waals surface area contributed by atoms with Crippen molar-refractivity contribution in [2.45, 2.75) is 38.5 Å². The molecule has 4 rings (SSSR count). The van der Waals surface area contributed by atoms with Crippen LogP contribution >= 0.6 is 0 Å². The van der Waals surface area contributed by atoms with Gasteiger partial charge in [0.15, 0.2) is 11.3 Å². The number of likely N-dealkylation sites (tertiary alicyclic amines) is 1. The van der Waals surface area contributed by atoms with Crippen molar-refractivity contribution < 1.29 is 9.32 Å². The van der Waals surface area contributed by atoms with Crippen LogP contribution in [0.25, 0.3) is 11.0 Å². The van der Waals surface area contributed by atoms with Crippen LogP contribution < -0.4 is 0 Å². The van der Waals surface area contributed by atoms with E-state index in [4.69, 9.17) is 4.52 Å². The molecule has 0 atom stereocenters. The number of nitrogens with zero attached hydrogens (tertiary/aromatic N) is 5. The Morgan fingerprint density at radius 1 is 1.31 bits per heavy atom. The minimum Gasteiger partial charge on any atom is -0.360 e. The van der Waals surface area contributed by atoms with E-state index in [0.717, 1.165) is 35.3 Å². The van der Waals surface area contributed by atoms with Crippen molar-refractivity contribution in [1.82, 2.24) is 24.8 Å². The molecule has 0 aromatic carbocycles. The van der Waals surface area contributed by atoms with E-state index in [1.165, 1.54) is 0 Å². The molecule has 26 heavy (non-hydrogen) atoms. The molecule has 1 saturated heterocycles. The van der Waals surface area contributed by atoms with Gasteiger partial charge in [0.1, 0.15) is 5.76 Å². The fourth-order valence-corrected chi connectivity index (χ4v) is 3.60. The quantitative estimate of drug-likeness (QED) is 0.723. The van der Waals surface area contributed by atoms with Crippen molar-refractivity contribution in [3.63, 3.8) is 0 Å². The number of aryl methyl sites for hydroxylation is 1. The first-order valence-electron chi connectivity index (χ1n) is 9.08. The molecule has 1 fully saturated rings. The van der Waals surface area contributed by atoms with Gasteiger partial charge >= 0.3 is 0 Å². The number of fused-ring (bicyclic) bond motifs is 1. The molecular weight excluding hydrogens is 330 g/mol. The first-order chi connectivity index (χ1) is 12.5. The maximum Gasteiger partial charge on any atom is 0.276 e. The zero-order valence-corrected chi connectivity index (χ0v) is 15.3. The predicted octanol–water partition coefficient (Wildman–Crippen LogP) is 3.10. The van der Waals surface area contributed by atoms with Crippen molar-refractivity contribution in [2.24, 2.45) is 7.05 Å². The number of amides is 1. The fourth-order valence-electron chi connectivity index (χ4n) is 3.60. The second kappa shape index (κ2) is 6.55. The van der Waals surface area contributed by atoms with Crippen molar-refractivity contribution in [3.8, 4) is 0 Å². The summed E-state index contributed by atoms with van der Waals surface area (Å²) in [5.74, 6) is 1.26. The second-order valence-electron chi connectivity index (χ2n) is 7.22. The molecule has 7 heteroatoms. The zero-order chi connectivity index (χ0) is 18.3. The van der Waals surface area contributed by atoms with E-state index < -0.39 is 0 Å². The number of aromatic nitrogens is 4. The Morgan fingerprint density at radius 3 is 2.77 bits per heavy atom. The number of carbonyl (C=O) groups is 1. The normalized spacial score (nSPS) is 15.9. The zero-order valence-electron chi connectivity index (χ0n) is 15.3. The molecule has 1 aliphatic rings. The topological polar surface area (TPSA) is 77.1 Å². The molecule has 0 spiro atoms. The lowest BCUT2D eigenvalue weighted by Crippen LogP contribution is -2.38. The van der Waals surface area contributed by atoms with Gasteiger partial charge in [-0.2, -0.15) is 5.10 Å².